The first-order chi connectivity index (χ1) is 11.4. The van der Waals surface area contributed by atoms with Crippen LogP contribution in [0.1, 0.15) is 27.4 Å². The van der Waals surface area contributed by atoms with Gasteiger partial charge in [-0.15, -0.1) is 0 Å². The maximum absolute atomic E-state index is 12.2. The Morgan fingerprint density at radius 2 is 1.96 bits per heavy atom. The van der Waals surface area contributed by atoms with Gasteiger partial charge < -0.3 is 19.4 Å². The van der Waals surface area contributed by atoms with Gasteiger partial charge in [-0.1, -0.05) is 6.07 Å². The summed E-state index contributed by atoms with van der Waals surface area (Å²) in [7, 11) is 3.25. The van der Waals surface area contributed by atoms with E-state index < -0.39 is 5.97 Å². The Kier molecular flexibility index (Phi) is 5.76. The molecule has 1 atom stereocenters. The third-order valence-corrected chi connectivity index (χ3v) is 3.67. The van der Waals surface area contributed by atoms with Crippen molar-refractivity contribution in [2.75, 3.05) is 26.0 Å². The lowest BCUT2D eigenvalue weighted by Crippen LogP contribution is -3.08. The Hall–Kier alpha value is -2.60. The van der Waals surface area contributed by atoms with Crippen LogP contribution in [0.4, 0.5) is 5.69 Å². The van der Waals surface area contributed by atoms with E-state index in [1.165, 1.54) is 7.11 Å². The van der Waals surface area contributed by atoms with Gasteiger partial charge in [-0.25, -0.2) is 4.79 Å². The third-order valence-electron chi connectivity index (χ3n) is 3.67. The van der Waals surface area contributed by atoms with Crippen molar-refractivity contribution in [2.45, 2.75) is 20.4 Å². The summed E-state index contributed by atoms with van der Waals surface area (Å²) in [4.78, 5) is 24.8. The zero-order chi connectivity index (χ0) is 17.7. The van der Waals surface area contributed by atoms with Gasteiger partial charge in [0, 0.05) is 5.69 Å². The van der Waals surface area contributed by atoms with Gasteiger partial charge in [-0.05, 0) is 43.7 Å². The normalized spacial score (nSPS) is 11.8. The number of furan rings is 1. The number of rotatable bonds is 6. The molecule has 0 radical (unpaired) electrons. The highest BCUT2D eigenvalue weighted by atomic mass is 16.5. The third kappa shape index (κ3) is 4.70. The number of amides is 1. The molecule has 0 saturated heterocycles. The van der Waals surface area contributed by atoms with E-state index in [2.05, 4.69) is 5.32 Å². The van der Waals surface area contributed by atoms with Gasteiger partial charge in [0.05, 0.1) is 19.7 Å². The molecule has 24 heavy (non-hydrogen) atoms. The second-order valence-corrected chi connectivity index (χ2v) is 5.89. The first kappa shape index (κ1) is 17.7. The molecule has 0 saturated carbocycles. The van der Waals surface area contributed by atoms with Gasteiger partial charge in [0.25, 0.3) is 5.91 Å². The van der Waals surface area contributed by atoms with Gasteiger partial charge in [0.2, 0.25) is 0 Å². The van der Waals surface area contributed by atoms with E-state index in [0.29, 0.717) is 24.3 Å². The summed E-state index contributed by atoms with van der Waals surface area (Å²) in [5.41, 5.74) is 1.91. The standard InChI is InChI=1S/C18H22N2O4/c1-12-5-7-14(18(22)23-4)9-16(12)19-17(21)11-20(3)10-15-8-6-13(2)24-15/h5-9H,10-11H2,1-4H3,(H,19,21)/p+1. The van der Waals surface area contributed by atoms with E-state index in [1.54, 1.807) is 18.2 Å². The number of carbonyl (C=O) groups is 2. The fraction of sp³-hybridized carbons (Fsp3) is 0.333. The molecule has 1 amide bonds. The summed E-state index contributed by atoms with van der Waals surface area (Å²) in [6, 6.07) is 8.91. The SMILES string of the molecule is COC(=O)c1ccc(C)c(NC(=O)C[NH+](C)Cc2ccc(C)o2)c1. The highest BCUT2D eigenvalue weighted by molar-refractivity contribution is 5.95. The topological polar surface area (TPSA) is 73.0 Å². The molecule has 2 N–H and O–H groups in total. The Labute approximate surface area is 141 Å². The number of hydrogen-bond donors (Lipinski definition) is 2. The minimum atomic E-state index is -0.429. The number of methoxy groups -OCH3 is 1. The number of benzene rings is 1. The Morgan fingerprint density at radius 3 is 2.58 bits per heavy atom. The van der Waals surface area contributed by atoms with Crippen molar-refractivity contribution in [3.05, 3.63) is 53.0 Å². The summed E-state index contributed by atoms with van der Waals surface area (Å²) in [5.74, 6) is 1.15. The van der Waals surface area contributed by atoms with E-state index in [1.807, 2.05) is 33.0 Å². The maximum Gasteiger partial charge on any atom is 0.337 e. The van der Waals surface area contributed by atoms with E-state index in [0.717, 1.165) is 22.0 Å². The minimum absolute atomic E-state index is 0.124. The monoisotopic (exact) mass is 331 g/mol. The van der Waals surface area contributed by atoms with Crippen molar-refractivity contribution in [1.82, 2.24) is 0 Å². The molecule has 0 spiro atoms. The van der Waals surface area contributed by atoms with Crippen molar-refractivity contribution in [1.29, 1.82) is 0 Å². The van der Waals surface area contributed by atoms with Crippen LogP contribution in [-0.2, 0) is 16.1 Å². The lowest BCUT2D eigenvalue weighted by molar-refractivity contribution is -0.886. The van der Waals surface area contributed by atoms with Crippen LogP contribution in [0.2, 0.25) is 0 Å². The van der Waals surface area contributed by atoms with Crippen LogP contribution in [-0.4, -0.2) is 32.6 Å². The molecule has 128 valence electrons. The predicted molar refractivity (Wildman–Crippen MR) is 90.1 cm³/mol. The highest BCUT2D eigenvalue weighted by Crippen LogP contribution is 2.17. The lowest BCUT2D eigenvalue weighted by Gasteiger charge is -2.14. The van der Waals surface area contributed by atoms with Gasteiger partial charge in [0.15, 0.2) is 12.3 Å². The van der Waals surface area contributed by atoms with E-state index in [9.17, 15) is 9.59 Å². The fourth-order valence-corrected chi connectivity index (χ4v) is 2.41. The molecular formula is C18H23N2O4+. The van der Waals surface area contributed by atoms with Crippen LogP contribution in [0.15, 0.2) is 34.7 Å². The largest absolute Gasteiger partial charge is 0.465 e. The molecule has 1 aromatic heterocycles. The van der Waals surface area contributed by atoms with Gasteiger partial charge in [0.1, 0.15) is 12.3 Å². The number of carbonyl (C=O) groups excluding carboxylic acids is 2. The molecule has 6 heteroatoms. The Bertz CT molecular complexity index is 736. The summed E-state index contributed by atoms with van der Waals surface area (Å²) >= 11 is 0. The Morgan fingerprint density at radius 1 is 1.21 bits per heavy atom. The maximum atomic E-state index is 12.2. The molecule has 0 aliphatic carbocycles. The van der Waals surface area contributed by atoms with E-state index in [4.69, 9.17) is 9.15 Å². The van der Waals surface area contributed by atoms with Crippen LogP contribution in [0, 0.1) is 13.8 Å². The van der Waals surface area contributed by atoms with E-state index >= 15 is 0 Å². The van der Waals surface area contributed by atoms with Gasteiger partial charge in [-0.2, -0.15) is 0 Å². The number of hydrogen-bond acceptors (Lipinski definition) is 4. The Balaban J connectivity index is 1.97. The number of esters is 1. The zero-order valence-corrected chi connectivity index (χ0v) is 14.4. The van der Waals surface area contributed by atoms with Crippen LogP contribution < -0.4 is 10.2 Å². The smallest absolute Gasteiger partial charge is 0.337 e. The average molecular weight is 331 g/mol. The minimum Gasteiger partial charge on any atom is -0.465 e. The quantitative estimate of drug-likeness (QED) is 0.784. The van der Waals surface area contributed by atoms with Crippen molar-refractivity contribution in [2.24, 2.45) is 0 Å². The first-order valence-electron chi connectivity index (χ1n) is 7.74. The van der Waals surface area contributed by atoms with Crippen molar-refractivity contribution in [3.8, 4) is 0 Å². The number of ether oxygens (including phenoxy) is 1. The molecule has 6 nitrogen and oxygen atoms in total. The second-order valence-electron chi connectivity index (χ2n) is 5.89. The number of aryl methyl sites for hydroxylation is 2. The predicted octanol–water partition coefficient (Wildman–Crippen LogP) is 1.34. The number of likely N-dealkylation sites (N-methyl/N-ethyl adjacent to an activating group) is 1. The number of quaternary nitrogens is 1. The molecule has 0 aliphatic heterocycles. The van der Waals surface area contributed by atoms with Crippen molar-refractivity contribution in [3.63, 3.8) is 0 Å². The van der Waals surface area contributed by atoms with E-state index in [-0.39, 0.29) is 5.91 Å². The number of anilines is 1. The summed E-state index contributed by atoms with van der Waals surface area (Å²) in [6.07, 6.45) is 0. The first-order valence-corrected chi connectivity index (χ1v) is 7.74. The zero-order valence-electron chi connectivity index (χ0n) is 14.4. The molecule has 2 aromatic rings. The van der Waals surface area contributed by atoms with Crippen LogP contribution in [0.25, 0.3) is 0 Å². The van der Waals surface area contributed by atoms with Crippen LogP contribution >= 0.6 is 0 Å². The molecule has 1 unspecified atom stereocenters. The molecular weight excluding hydrogens is 308 g/mol. The summed E-state index contributed by atoms with van der Waals surface area (Å²) in [5, 5.41) is 2.85. The summed E-state index contributed by atoms with van der Waals surface area (Å²) in [6.45, 7) is 4.69. The number of nitrogens with one attached hydrogen (secondary N) is 2. The molecule has 0 aliphatic rings. The lowest BCUT2D eigenvalue weighted by atomic mass is 10.1. The summed E-state index contributed by atoms with van der Waals surface area (Å²) < 4.78 is 10.2. The van der Waals surface area contributed by atoms with Crippen LogP contribution in [0.3, 0.4) is 0 Å². The second kappa shape index (κ2) is 7.79. The van der Waals surface area contributed by atoms with Gasteiger partial charge in [-0.3, -0.25) is 4.79 Å². The average Bonchev–Trinajstić information content (AvgIpc) is 2.93. The fourth-order valence-electron chi connectivity index (χ4n) is 2.41. The van der Waals surface area contributed by atoms with Crippen molar-refractivity contribution < 1.29 is 23.6 Å². The molecule has 0 bridgehead atoms. The highest BCUT2D eigenvalue weighted by Gasteiger charge is 2.15. The van der Waals surface area contributed by atoms with Gasteiger partial charge >= 0.3 is 5.97 Å². The molecule has 1 heterocycles. The molecule has 1 aromatic carbocycles. The molecule has 2 rings (SSSR count). The molecule has 0 fully saturated rings. The van der Waals surface area contributed by atoms with Crippen LogP contribution in [0.5, 0.6) is 0 Å². The van der Waals surface area contributed by atoms with Crippen molar-refractivity contribution >= 4 is 17.6 Å².